The fourth-order valence-electron chi connectivity index (χ4n) is 2.66. The van der Waals surface area contributed by atoms with E-state index in [0.717, 1.165) is 15.6 Å². The Morgan fingerprint density at radius 1 is 0.760 bits per heavy atom. The van der Waals surface area contributed by atoms with E-state index >= 15 is 0 Å². The summed E-state index contributed by atoms with van der Waals surface area (Å²) in [6, 6.07) is 5.50. The summed E-state index contributed by atoms with van der Waals surface area (Å²) in [5.74, 6) is -0.742. The molecule has 0 aliphatic heterocycles. The van der Waals surface area contributed by atoms with E-state index in [2.05, 4.69) is 15.9 Å². The fraction of sp³-hybridized carbons (Fsp3) is 0.500. The topological polar surface area (TPSA) is 68.3 Å². The third-order valence-electron chi connectivity index (χ3n) is 5.35. The standard InChI is InChI=1S/C20H25BrO4/c1-12(22)19(5,13(2)23)10-16-8-7-9-17(18(16)21)11-20(6,14(3)24)15(4)25/h7-9H,10-11H2,1-6H3. The van der Waals surface area contributed by atoms with Gasteiger partial charge in [-0.25, -0.2) is 0 Å². The van der Waals surface area contributed by atoms with Gasteiger partial charge in [0.1, 0.15) is 23.1 Å². The molecule has 0 aromatic heterocycles. The summed E-state index contributed by atoms with van der Waals surface area (Å²) < 4.78 is 0.734. The highest BCUT2D eigenvalue weighted by molar-refractivity contribution is 9.10. The van der Waals surface area contributed by atoms with Gasteiger partial charge in [0.15, 0.2) is 0 Å². The number of halogens is 1. The zero-order valence-electron chi connectivity index (χ0n) is 15.7. The van der Waals surface area contributed by atoms with E-state index in [1.165, 1.54) is 27.7 Å². The minimum absolute atomic E-state index is 0.186. The van der Waals surface area contributed by atoms with E-state index < -0.39 is 10.8 Å². The molecule has 0 fully saturated rings. The summed E-state index contributed by atoms with van der Waals surface area (Å²) >= 11 is 3.54. The van der Waals surface area contributed by atoms with Gasteiger partial charge < -0.3 is 0 Å². The SMILES string of the molecule is CC(=O)C(C)(Cc1cccc(CC(C)(C(C)=O)C(C)=O)c1Br)C(C)=O. The molecule has 0 unspecified atom stereocenters. The zero-order chi connectivity index (χ0) is 19.6. The van der Waals surface area contributed by atoms with Crippen LogP contribution in [-0.2, 0) is 32.0 Å². The predicted octanol–water partition coefficient (Wildman–Crippen LogP) is 3.90. The second-order valence-electron chi connectivity index (χ2n) is 7.13. The van der Waals surface area contributed by atoms with Crippen LogP contribution >= 0.6 is 15.9 Å². The first kappa shape index (κ1) is 21.4. The maximum absolute atomic E-state index is 12.0. The van der Waals surface area contributed by atoms with Crippen molar-refractivity contribution in [3.8, 4) is 0 Å². The number of Topliss-reactive ketones (excluding diaryl/α,β-unsaturated/α-hetero) is 4. The second kappa shape index (κ2) is 7.73. The summed E-state index contributed by atoms with van der Waals surface area (Å²) in [7, 11) is 0. The van der Waals surface area contributed by atoms with Crippen LogP contribution in [0.5, 0.6) is 0 Å². The molecule has 0 atom stereocenters. The zero-order valence-corrected chi connectivity index (χ0v) is 17.2. The van der Waals surface area contributed by atoms with E-state index in [4.69, 9.17) is 0 Å². The van der Waals surface area contributed by atoms with Gasteiger partial charge in [-0.3, -0.25) is 19.2 Å². The molecule has 0 saturated carbocycles. The van der Waals surface area contributed by atoms with E-state index in [1.54, 1.807) is 13.8 Å². The lowest BCUT2D eigenvalue weighted by Gasteiger charge is -2.27. The monoisotopic (exact) mass is 408 g/mol. The van der Waals surface area contributed by atoms with Crippen LogP contribution in [0.3, 0.4) is 0 Å². The van der Waals surface area contributed by atoms with Crippen molar-refractivity contribution in [3.05, 3.63) is 33.8 Å². The van der Waals surface area contributed by atoms with Crippen molar-refractivity contribution >= 4 is 39.1 Å². The molecule has 0 aliphatic rings. The van der Waals surface area contributed by atoms with E-state index in [9.17, 15) is 19.2 Å². The molecular weight excluding hydrogens is 384 g/mol. The molecule has 5 heteroatoms. The Morgan fingerprint density at radius 2 is 1.04 bits per heavy atom. The largest absolute Gasteiger partial charge is 0.299 e. The third-order valence-corrected chi connectivity index (χ3v) is 6.37. The lowest BCUT2D eigenvalue weighted by atomic mass is 9.75. The lowest BCUT2D eigenvalue weighted by molar-refractivity contribution is -0.138. The molecule has 0 saturated heterocycles. The third kappa shape index (κ3) is 4.32. The summed E-state index contributed by atoms with van der Waals surface area (Å²) in [5.41, 5.74) is -0.572. The van der Waals surface area contributed by atoms with Gasteiger partial charge in [-0.15, -0.1) is 0 Å². The van der Waals surface area contributed by atoms with Crippen molar-refractivity contribution in [2.24, 2.45) is 10.8 Å². The number of carbonyl (C=O) groups excluding carboxylic acids is 4. The summed E-state index contributed by atoms with van der Waals surface area (Å²) in [5, 5.41) is 0. The molecule has 0 radical (unpaired) electrons. The van der Waals surface area contributed by atoms with Crippen LogP contribution in [0.15, 0.2) is 22.7 Å². The lowest BCUT2D eigenvalue weighted by Crippen LogP contribution is -2.36. The van der Waals surface area contributed by atoms with Gasteiger partial charge in [0.25, 0.3) is 0 Å². The molecule has 25 heavy (non-hydrogen) atoms. The molecule has 1 rings (SSSR count). The predicted molar refractivity (Wildman–Crippen MR) is 100 cm³/mol. The van der Waals surface area contributed by atoms with Crippen molar-refractivity contribution in [1.29, 1.82) is 0 Å². The molecule has 0 heterocycles. The molecule has 0 N–H and O–H groups in total. The molecule has 4 nitrogen and oxygen atoms in total. The van der Waals surface area contributed by atoms with Gasteiger partial charge >= 0.3 is 0 Å². The van der Waals surface area contributed by atoms with Crippen LogP contribution in [-0.4, -0.2) is 23.1 Å². The van der Waals surface area contributed by atoms with Gasteiger partial charge in [-0.2, -0.15) is 0 Å². The first-order valence-electron chi connectivity index (χ1n) is 8.16. The molecule has 0 spiro atoms. The van der Waals surface area contributed by atoms with Crippen molar-refractivity contribution in [3.63, 3.8) is 0 Å². The first-order chi connectivity index (χ1) is 11.4. The highest BCUT2D eigenvalue weighted by Crippen LogP contribution is 2.34. The van der Waals surface area contributed by atoms with Crippen LogP contribution in [0.4, 0.5) is 0 Å². The first-order valence-corrected chi connectivity index (χ1v) is 8.96. The Bertz CT molecular complexity index is 647. The van der Waals surface area contributed by atoms with Crippen LogP contribution in [0.25, 0.3) is 0 Å². The number of ketones is 4. The molecular formula is C20H25BrO4. The van der Waals surface area contributed by atoms with Gasteiger partial charge in [0, 0.05) is 4.47 Å². The summed E-state index contributed by atoms with van der Waals surface area (Å²) in [6.07, 6.45) is 0.534. The Labute approximate surface area is 157 Å². The van der Waals surface area contributed by atoms with Crippen molar-refractivity contribution in [2.75, 3.05) is 0 Å². The normalized spacial score (nSPS) is 12.0. The van der Waals surface area contributed by atoms with Gasteiger partial charge in [0.05, 0.1) is 10.8 Å². The molecule has 136 valence electrons. The summed E-state index contributed by atoms with van der Waals surface area (Å²) in [4.78, 5) is 48.0. The average molecular weight is 409 g/mol. The van der Waals surface area contributed by atoms with Crippen LogP contribution in [0.2, 0.25) is 0 Å². The van der Waals surface area contributed by atoms with E-state index in [-0.39, 0.29) is 36.0 Å². The minimum atomic E-state index is -1.09. The second-order valence-corrected chi connectivity index (χ2v) is 7.93. The molecule has 0 aliphatic carbocycles. The summed E-state index contributed by atoms with van der Waals surface area (Å²) in [6.45, 7) is 8.96. The number of hydrogen-bond donors (Lipinski definition) is 0. The quantitative estimate of drug-likeness (QED) is 0.611. The van der Waals surface area contributed by atoms with Gasteiger partial charge in [-0.05, 0) is 65.5 Å². The Kier molecular flexibility index (Phi) is 6.62. The Morgan fingerprint density at radius 3 is 1.28 bits per heavy atom. The maximum atomic E-state index is 12.0. The minimum Gasteiger partial charge on any atom is -0.299 e. The smallest absolute Gasteiger partial charge is 0.143 e. The highest BCUT2D eigenvalue weighted by Gasteiger charge is 2.38. The molecule has 1 aromatic rings. The maximum Gasteiger partial charge on any atom is 0.143 e. The average Bonchev–Trinajstić information content (AvgIpc) is 2.50. The van der Waals surface area contributed by atoms with Gasteiger partial charge in [0.2, 0.25) is 0 Å². The number of hydrogen-bond acceptors (Lipinski definition) is 4. The number of rotatable bonds is 8. The molecule has 1 aromatic carbocycles. The van der Waals surface area contributed by atoms with E-state index in [1.807, 2.05) is 18.2 Å². The Hall–Kier alpha value is -1.62. The van der Waals surface area contributed by atoms with Crippen molar-refractivity contribution in [1.82, 2.24) is 0 Å². The highest BCUT2D eigenvalue weighted by atomic mass is 79.9. The number of benzene rings is 1. The van der Waals surface area contributed by atoms with Crippen molar-refractivity contribution in [2.45, 2.75) is 54.4 Å². The van der Waals surface area contributed by atoms with E-state index in [0.29, 0.717) is 0 Å². The number of carbonyl (C=O) groups is 4. The van der Waals surface area contributed by atoms with Crippen molar-refractivity contribution < 1.29 is 19.2 Å². The van der Waals surface area contributed by atoms with Gasteiger partial charge in [-0.1, -0.05) is 34.1 Å². The van der Waals surface area contributed by atoms with Crippen LogP contribution in [0, 0.1) is 10.8 Å². The van der Waals surface area contributed by atoms with Crippen LogP contribution in [0.1, 0.15) is 52.7 Å². The molecule has 0 amide bonds. The van der Waals surface area contributed by atoms with Crippen LogP contribution < -0.4 is 0 Å². The molecule has 0 bridgehead atoms. The Balaban J connectivity index is 3.32. The fourth-order valence-corrected chi connectivity index (χ4v) is 3.21.